The maximum Gasteiger partial charge on any atom is 0.234 e. The van der Waals surface area contributed by atoms with Crippen molar-refractivity contribution in [3.63, 3.8) is 0 Å². The van der Waals surface area contributed by atoms with Crippen LogP contribution in [0.4, 0.5) is 0 Å². The maximum absolute atomic E-state index is 15.0. The summed E-state index contributed by atoms with van der Waals surface area (Å²) in [6.45, 7) is 14.4. The lowest BCUT2D eigenvalue weighted by atomic mass is 9.75. The number of ketones is 2. The van der Waals surface area contributed by atoms with E-state index >= 15 is 4.79 Å². The molecule has 11 heteroatoms. The molecule has 0 spiro atoms. The molecule has 3 aromatic heterocycles. The number of hydrogen-bond donors (Lipinski definition) is 0. The summed E-state index contributed by atoms with van der Waals surface area (Å²) in [7, 11) is -2.30. The maximum atomic E-state index is 15.0. The third kappa shape index (κ3) is 6.76. The molecular formula is C45H49N4O4PSSi. The normalized spacial score (nSPS) is 17.4. The van der Waals surface area contributed by atoms with Crippen molar-refractivity contribution in [2.75, 3.05) is 0 Å². The predicted molar refractivity (Wildman–Crippen MR) is 232 cm³/mol. The zero-order valence-corrected chi connectivity index (χ0v) is 35.9. The number of Topliss-reactive ketones (excluding diaryl/α,β-unsaturated/α-hetero) is 1. The van der Waals surface area contributed by atoms with Crippen molar-refractivity contribution in [1.82, 2.24) is 19.3 Å². The first-order valence-corrected chi connectivity index (χ1v) is 24.6. The van der Waals surface area contributed by atoms with E-state index in [1.165, 1.54) is 17.5 Å². The molecule has 4 atom stereocenters. The number of thiazole rings is 1. The highest BCUT2D eigenvalue weighted by atomic mass is 32.1. The lowest BCUT2D eigenvalue weighted by molar-refractivity contribution is -0.156. The molecule has 288 valence electrons. The second kappa shape index (κ2) is 15.3. The SMILES string of the molecule is CC(N1C(=O)[C@H]([C@@H](C)O[Si](C)(C)C(C)(C)C)[C@H]1[C@@H](C)C(=O)c1cn2cnc(C(=O)c3cccnc3)c2s1)=P(c1ccccc1)(c1ccccc1)c1ccccc1. The average molecular weight is 801 g/mol. The number of carbonyl (C=O) groups is 3. The topological polar surface area (TPSA) is 93.9 Å². The molecule has 1 fully saturated rings. The summed E-state index contributed by atoms with van der Waals surface area (Å²) in [5.74, 6) is -1.52. The lowest BCUT2D eigenvalue weighted by Gasteiger charge is -2.55. The van der Waals surface area contributed by atoms with Crippen molar-refractivity contribution < 1.29 is 18.8 Å². The van der Waals surface area contributed by atoms with E-state index in [-0.39, 0.29) is 28.2 Å². The molecule has 0 bridgehead atoms. The van der Waals surface area contributed by atoms with Crippen LogP contribution >= 0.6 is 18.2 Å². The highest BCUT2D eigenvalue weighted by Gasteiger charge is 2.57. The molecule has 8 nitrogen and oxygen atoms in total. The second-order valence-electron chi connectivity index (χ2n) is 16.2. The zero-order chi connectivity index (χ0) is 40.0. The number of imidazole rings is 1. The summed E-state index contributed by atoms with van der Waals surface area (Å²) >= 11 is 1.25. The molecule has 4 heterocycles. The van der Waals surface area contributed by atoms with E-state index in [2.05, 4.69) is 124 Å². The van der Waals surface area contributed by atoms with E-state index < -0.39 is 39.2 Å². The Bertz CT molecular complexity index is 2340. The van der Waals surface area contributed by atoms with Gasteiger partial charge < -0.3 is 9.33 Å². The van der Waals surface area contributed by atoms with Gasteiger partial charge in [-0.3, -0.25) is 23.8 Å². The number of pyridine rings is 1. The van der Waals surface area contributed by atoms with Crippen LogP contribution in [0.5, 0.6) is 0 Å². The van der Waals surface area contributed by atoms with Crippen molar-refractivity contribution in [2.45, 2.75) is 71.8 Å². The Morgan fingerprint density at radius 3 is 1.91 bits per heavy atom. The molecule has 0 N–H and O–H groups in total. The van der Waals surface area contributed by atoms with Gasteiger partial charge in [0.2, 0.25) is 11.7 Å². The number of aromatic nitrogens is 3. The number of fused-ring (bicyclic) bond motifs is 1. The van der Waals surface area contributed by atoms with E-state index in [0.29, 0.717) is 15.3 Å². The monoisotopic (exact) mass is 800 g/mol. The number of benzene rings is 3. The fourth-order valence-corrected chi connectivity index (χ4v) is 14.8. The Balaban J connectivity index is 1.38. The summed E-state index contributed by atoms with van der Waals surface area (Å²) in [5.41, 5.74) is 1.63. The van der Waals surface area contributed by atoms with Crippen LogP contribution in [-0.2, 0) is 9.22 Å². The van der Waals surface area contributed by atoms with Crippen LogP contribution in [0.15, 0.2) is 128 Å². The molecule has 3 aromatic carbocycles. The van der Waals surface area contributed by atoms with Crippen molar-refractivity contribution in [3.8, 4) is 0 Å². The van der Waals surface area contributed by atoms with Crippen molar-refractivity contribution >= 4 is 70.2 Å². The third-order valence-corrected chi connectivity index (χ3v) is 21.9. The number of rotatable bonds is 12. The molecule has 7 rings (SSSR count). The van der Waals surface area contributed by atoms with Crippen LogP contribution in [0.2, 0.25) is 18.1 Å². The number of likely N-dealkylation sites (tertiary alicyclic amines) is 1. The van der Waals surface area contributed by atoms with Gasteiger partial charge >= 0.3 is 0 Å². The first kappa shape index (κ1) is 39.5. The highest BCUT2D eigenvalue weighted by Crippen LogP contribution is 2.51. The van der Waals surface area contributed by atoms with E-state index in [1.807, 2.05) is 36.9 Å². The number of nitrogens with zero attached hydrogens (tertiary/aromatic N) is 4. The van der Waals surface area contributed by atoms with Crippen LogP contribution in [0.25, 0.3) is 4.83 Å². The quantitative estimate of drug-likeness (QED) is 0.0536. The summed E-state index contributed by atoms with van der Waals surface area (Å²) in [5, 5.41) is 3.31. The molecule has 6 aromatic rings. The van der Waals surface area contributed by atoms with Crippen LogP contribution in [0.3, 0.4) is 0 Å². The van der Waals surface area contributed by atoms with Crippen LogP contribution < -0.4 is 15.9 Å². The molecule has 0 saturated carbocycles. The molecule has 0 aliphatic carbocycles. The summed E-state index contributed by atoms with van der Waals surface area (Å²) < 4.78 is 8.70. The number of hydrogen-bond acceptors (Lipinski definition) is 7. The molecular weight excluding hydrogens is 752 g/mol. The van der Waals surface area contributed by atoms with E-state index in [9.17, 15) is 9.59 Å². The van der Waals surface area contributed by atoms with Crippen molar-refractivity contribution in [3.05, 3.63) is 144 Å². The van der Waals surface area contributed by atoms with Gasteiger partial charge in [0.25, 0.3) is 0 Å². The minimum absolute atomic E-state index is 0.0293. The van der Waals surface area contributed by atoms with Gasteiger partial charge in [-0.2, -0.15) is 0 Å². The van der Waals surface area contributed by atoms with E-state index in [0.717, 1.165) is 21.3 Å². The first-order chi connectivity index (χ1) is 26.7. The molecule has 1 aliphatic heterocycles. The minimum Gasteiger partial charge on any atom is -0.413 e. The third-order valence-electron chi connectivity index (χ3n) is 11.8. The average Bonchev–Trinajstić information content (AvgIpc) is 3.79. The van der Waals surface area contributed by atoms with Gasteiger partial charge in [0.05, 0.1) is 22.9 Å². The molecule has 1 amide bonds. The van der Waals surface area contributed by atoms with Crippen molar-refractivity contribution in [1.29, 1.82) is 0 Å². The smallest absolute Gasteiger partial charge is 0.234 e. The highest BCUT2D eigenvalue weighted by molar-refractivity contribution is 7.95. The summed E-state index contributed by atoms with van der Waals surface area (Å²) in [6, 6.07) is 34.3. The lowest BCUT2D eigenvalue weighted by Crippen LogP contribution is -2.70. The van der Waals surface area contributed by atoms with Gasteiger partial charge in [0.1, 0.15) is 16.9 Å². The van der Waals surface area contributed by atoms with Gasteiger partial charge in [-0.1, -0.05) is 119 Å². The van der Waals surface area contributed by atoms with Gasteiger partial charge in [0, 0.05) is 35.5 Å². The standard InChI is InChI=1S/C45H49N4O4PSSi/c1-30(41(50)37-28-48-29-47-39(44(48)55-37)42(51)33-19-18-26-46-27-33)40-38(31(2)53-56(7,8)45(4,5)6)43(52)49(40)32(3)54(34-20-12-9-13-21-34,35-22-14-10-15-23-35)36-24-16-11-17-25-36/h9-31,38,40H,1-8H3/t30-,31-,38-,40-/m1/s1. The summed E-state index contributed by atoms with van der Waals surface area (Å²) in [6.07, 6.45) is 6.05. The Morgan fingerprint density at radius 1 is 0.857 bits per heavy atom. The van der Waals surface area contributed by atoms with Crippen LogP contribution in [0.1, 0.15) is 67.3 Å². The molecule has 0 radical (unpaired) electrons. The number of carbonyl (C=O) groups excluding carboxylic acids is 3. The minimum atomic E-state index is -2.64. The molecule has 56 heavy (non-hydrogen) atoms. The Hall–Kier alpha value is -4.73. The first-order valence-electron chi connectivity index (χ1n) is 19.0. The Morgan fingerprint density at radius 2 is 1.41 bits per heavy atom. The second-order valence-corrected chi connectivity index (χ2v) is 25.5. The fourth-order valence-electron chi connectivity index (χ4n) is 7.84. The summed E-state index contributed by atoms with van der Waals surface area (Å²) in [4.78, 5) is 54.9. The molecule has 1 aliphatic rings. The predicted octanol–water partition coefficient (Wildman–Crippen LogP) is 8.22. The van der Waals surface area contributed by atoms with E-state index in [4.69, 9.17) is 4.43 Å². The number of amides is 1. The van der Waals surface area contributed by atoms with Crippen molar-refractivity contribution in [2.24, 2.45) is 11.8 Å². The largest absolute Gasteiger partial charge is 0.413 e. The van der Waals surface area contributed by atoms with Gasteiger partial charge in [-0.15, -0.1) is 11.3 Å². The number of β-lactam (4-membered cyclic amide) rings is 1. The molecule has 0 unspecified atom stereocenters. The van der Waals surface area contributed by atoms with Crippen LogP contribution in [-0.4, -0.2) is 62.6 Å². The zero-order valence-electron chi connectivity index (χ0n) is 33.2. The Labute approximate surface area is 334 Å². The van der Waals surface area contributed by atoms with Gasteiger partial charge in [0.15, 0.2) is 14.1 Å². The van der Waals surface area contributed by atoms with Gasteiger partial charge in [-0.25, -0.2) is 4.98 Å². The molecule has 1 saturated heterocycles. The van der Waals surface area contributed by atoms with Crippen LogP contribution in [0, 0.1) is 11.8 Å². The Kier molecular flexibility index (Phi) is 10.8. The van der Waals surface area contributed by atoms with E-state index in [1.54, 1.807) is 35.3 Å². The van der Waals surface area contributed by atoms with Gasteiger partial charge in [-0.05, 0) is 66.9 Å². The fraction of sp³-hybridized carbons (Fsp3) is 0.289.